The van der Waals surface area contributed by atoms with Crippen molar-refractivity contribution in [2.45, 2.75) is 10.8 Å². The van der Waals surface area contributed by atoms with Gasteiger partial charge in [-0.05, 0) is 23.7 Å². The van der Waals surface area contributed by atoms with E-state index in [4.69, 9.17) is 5.53 Å². The summed E-state index contributed by atoms with van der Waals surface area (Å²) in [7, 11) is -4.35. The molecule has 1 fully saturated rings. The highest BCUT2D eigenvalue weighted by molar-refractivity contribution is 7.89. The van der Waals surface area contributed by atoms with Crippen molar-refractivity contribution >= 4 is 15.7 Å². The number of alkyl halides is 2. The number of benzene rings is 1. The highest BCUT2D eigenvalue weighted by atomic mass is 32.2. The number of nitrogens with zero attached hydrogens (tertiary/aromatic N) is 4. The molecule has 1 aliphatic rings. The van der Waals surface area contributed by atoms with Crippen LogP contribution in [0, 0.1) is 5.82 Å². The molecular formula is C9H7F3N4O2S. The summed E-state index contributed by atoms with van der Waals surface area (Å²) in [6.07, 6.45) is 0. The fourth-order valence-corrected chi connectivity index (χ4v) is 3.16. The second-order valence-corrected chi connectivity index (χ2v) is 5.84. The van der Waals surface area contributed by atoms with Crippen molar-refractivity contribution in [1.29, 1.82) is 0 Å². The van der Waals surface area contributed by atoms with E-state index in [1.165, 1.54) is 0 Å². The third-order valence-corrected chi connectivity index (χ3v) is 4.31. The van der Waals surface area contributed by atoms with Crippen LogP contribution in [0.4, 0.5) is 18.9 Å². The van der Waals surface area contributed by atoms with Crippen molar-refractivity contribution in [3.8, 4) is 0 Å². The molecule has 6 nitrogen and oxygen atoms in total. The third kappa shape index (κ3) is 2.50. The maximum atomic E-state index is 13.5. The summed E-state index contributed by atoms with van der Waals surface area (Å²) in [5, 5.41) is 3.14. The van der Waals surface area contributed by atoms with Crippen LogP contribution in [0.5, 0.6) is 0 Å². The number of hydrogen-bond acceptors (Lipinski definition) is 3. The molecule has 0 unspecified atom stereocenters. The average molecular weight is 292 g/mol. The summed E-state index contributed by atoms with van der Waals surface area (Å²) in [5.74, 6) is -4.18. The highest BCUT2D eigenvalue weighted by Crippen LogP contribution is 2.33. The Labute approximate surface area is 106 Å². The summed E-state index contributed by atoms with van der Waals surface area (Å²) in [5.41, 5.74) is 8.11. The van der Waals surface area contributed by atoms with Crippen molar-refractivity contribution in [3.05, 3.63) is 34.5 Å². The van der Waals surface area contributed by atoms with E-state index in [-0.39, 0.29) is 5.69 Å². The van der Waals surface area contributed by atoms with Crippen LogP contribution in [-0.4, -0.2) is 31.7 Å². The van der Waals surface area contributed by atoms with Gasteiger partial charge in [-0.15, -0.1) is 0 Å². The minimum atomic E-state index is -4.35. The zero-order chi connectivity index (χ0) is 14.3. The number of azide groups is 1. The van der Waals surface area contributed by atoms with Gasteiger partial charge in [0.1, 0.15) is 10.7 Å². The van der Waals surface area contributed by atoms with E-state index in [1.807, 2.05) is 0 Å². The van der Waals surface area contributed by atoms with Gasteiger partial charge in [0.2, 0.25) is 10.0 Å². The minimum absolute atomic E-state index is 0.116. The van der Waals surface area contributed by atoms with E-state index in [9.17, 15) is 21.6 Å². The maximum Gasteiger partial charge on any atom is 0.275 e. The fraction of sp³-hybridized carbons (Fsp3) is 0.333. The van der Waals surface area contributed by atoms with Gasteiger partial charge in [-0.1, -0.05) is 5.11 Å². The summed E-state index contributed by atoms with van der Waals surface area (Å²) in [4.78, 5) is 1.65. The van der Waals surface area contributed by atoms with Gasteiger partial charge in [0, 0.05) is 10.6 Å². The van der Waals surface area contributed by atoms with Crippen molar-refractivity contribution in [1.82, 2.24) is 4.31 Å². The van der Waals surface area contributed by atoms with Gasteiger partial charge in [0.05, 0.1) is 13.1 Å². The van der Waals surface area contributed by atoms with E-state index >= 15 is 0 Å². The van der Waals surface area contributed by atoms with E-state index in [0.717, 1.165) is 18.2 Å². The van der Waals surface area contributed by atoms with Crippen LogP contribution >= 0.6 is 0 Å². The SMILES string of the molecule is [N-]=[N+]=Nc1ccc(F)c(S(=O)(=O)N2CC(F)(F)C2)c1. The lowest BCUT2D eigenvalue weighted by molar-refractivity contribution is -0.0945. The fourth-order valence-electron chi connectivity index (χ4n) is 1.58. The predicted octanol–water partition coefficient (Wildman–Crippen LogP) is 2.41. The quantitative estimate of drug-likeness (QED) is 0.486. The van der Waals surface area contributed by atoms with Gasteiger partial charge in [-0.2, -0.15) is 4.31 Å². The summed E-state index contributed by atoms with van der Waals surface area (Å²) < 4.78 is 63.1. The second kappa shape index (κ2) is 4.41. The molecule has 0 aliphatic carbocycles. The smallest absolute Gasteiger partial charge is 0.207 e. The summed E-state index contributed by atoms with van der Waals surface area (Å²) in [6, 6.07) is 2.69. The number of sulfonamides is 1. The van der Waals surface area contributed by atoms with Crippen LogP contribution in [0.3, 0.4) is 0 Å². The van der Waals surface area contributed by atoms with E-state index in [1.54, 1.807) is 0 Å². The molecule has 0 spiro atoms. The minimum Gasteiger partial charge on any atom is -0.207 e. The van der Waals surface area contributed by atoms with Gasteiger partial charge in [-0.3, -0.25) is 0 Å². The molecule has 0 N–H and O–H groups in total. The van der Waals surface area contributed by atoms with Crippen molar-refractivity contribution in [2.75, 3.05) is 13.1 Å². The Morgan fingerprint density at radius 3 is 2.53 bits per heavy atom. The zero-order valence-electron chi connectivity index (χ0n) is 9.29. The molecular weight excluding hydrogens is 285 g/mol. The molecule has 1 aromatic rings. The molecule has 0 atom stereocenters. The van der Waals surface area contributed by atoms with Crippen LogP contribution in [-0.2, 0) is 10.0 Å². The maximum absolute atomic E-state index is 13.5. The average Bonchev–Trinajstić information content (AvgIpc) is 2.28. The molecule has 0 radical (unpaired) electrons. The molecule has 0 bridgehead atoms. The highest BCUT2D eigenvalue weighted by Gasteiger charge is 2.50. The first-order valence-corrected chi connectivity index (χ1v) is 6.43. The van der Waals surface area contributed by atoms with Gasteiger partial charge >= 0.3 is 0 Å². The van der Waals surface area contributed by atoms with Crippen molar-refractivity contribution in [2.24, 2.45) is 5.11 Å². The van der Waals surface area contributed by atoms with Crippen LogP contribution in [0.15, 0.2) is 28.2 Å². The monoisotopic (exact) mass is 292 g/mol. The summed E-state index contributed by atoms with van der Waals surface area (Å²) >= 11 is 0. The Morgan fingerprint density at radius 2 is 2.00 bits per heavy atom. The Morgan fingerprint density at radius 1 is 1.37 bits per heavy atom. The normalized spacial score (nSPS) is 18.5. The number of hydrogen-bond donors (Lipinski definition) is 0. The molecule has 0 aromatic heterocycles. The Balaban J connectivity index is 2.41. The first kappa shape index (κ1) is 13.7. The molecule has 19 heavy (non-hydrogen) atoms. The van der Waals surface area contributed by atoms with Crippen LogP contribution in [0.2, 0.25) is 0 Å². The molecule has 102 valence electrons. The molecule has 1 saturated heterocycles. The Bertz CT molecular complexity index is 662. The first-order chi connectivity index (χ1) is 8.76. The topological polar surface area (TPSA) is 86.1 Å². The van der Waals surface area contributed by atoms with Gasteiger partial charge in [0.25, 0.3) is 5.92 Å². The number of rotatable bonds is 3. The lowest BCUT2D eigenvalue weighted by atomic mass is 10.2. The Hall–Kier alpha value is -1.77. The molecule has 2 rings (SSSR count). The lowest BCUT2D eigenvalue weighted by Crippen LogP contribution is -2.58. The van der Waals surface area contributed by atoms with Crippen LogP contribution in [0.1, 0.15) is 0 Å². The lowest BCUT2D eigenvalue weighted by Gasteiger charge is -2.37. The van der Waals surface area contributed by atoms with Gasteiger partial charge in [-0.25, -0.2) is 21.6 Å². The van der Waals surface area contributed by atoms with Crippen molar-refractivity contribution in [3.63, 3.8) is 0 Å². The van der Waals surface area contributed by atoms with Gasteiger partial charge < -0.3 is 0 Å². The van der Waals surface area contributed by atoms with E-state index in [0.29, 0.717) is 4.31 Å². The Kier molecular flexibility index (Phi) is 3.17. The zero-order valence-corrected chi connectivity index (χ0v) is 10.1. The number of halogens is 3. The van der Waals surface area contributed by atoms with Crippen LogP contribution in [0.25, 0.3) is 10.4 Å². The van der Waals surface area contributed by atoms with Crippen LogP contribution < -0.4 is 0 Å². The third-order valence-electron chi connectivity index (χ3n) is 2.51. The predicted molar refractivity (Wildman–Crippen MR) is 58.9 cm³/mol. The van der Waals surface area contributed by atoms with E-state index < -0.39 is 39.7 Å². The molecule has 0 amide bonds. The largest absolute Gasteiger partial charge is 0.275 e. The molecule has 1 aromatic carbocycles. The molecule has 10 heteroatoms. The van der Waals surface area contributed by atoms with E-state index in [2.05, 4.69) is 10.0 Å². The molecule has 1 aliphatic heterocycles. The van der Waals surface area contributed by atoms with Gasteiger partial charge in [0.15, 0.2) is 0 Å². The standard InChI is InChI=1S/C9H7F3N4O2S/c10-7-2-1-6(14-15-13)3-8(7)19(17,18)16-4-9(11,12)5-16/h1-3H,4-5H2. The second-order valence-electron chi connectivity index (χ2n) is 3.93. The molecule has 1 heterocycles. The van der Waals surface area contributed by atoms with Crippen molar-refractivity contribution < 1.29 is 21.6 Å². The summed E-state index contributed by atoms with van der Waals surface area (Å²) in [6.45, 7) is -1.97. The first-order valence-electron chi connectivity index (χ1n) is 4.99. The molecule has 0 saturated carbocycles.